The standard InChI is InChI=1S/C28H62N8/c1-3-5-7-9-11-13-21-35(25-17-19-33-27(29)30)23-15-16-24-36(26-18-20-34-28(31)32)22-14-12-10-8-6-4-2/h3-26H2,1-2H3,(H4,29,30,33)(H4,31,32,34). The monoisotopic (exact) mass is 511 g/mol. The summed E-state index contributed by atoms with van der Waals surface area (Å²) >= 11 is 0. The van der Waals surface area contributed by atoms with Crippen molar-refractivity contribution in [1.29, 1.82) is 0 Å². The van der Waals surface area contributed by atoms with E-state index in [0.717, 1.165) is 52.1 Å². The van der Waals surface area contributed by atoms with Crippen LogP contribution in [0.4, 0.5) is 0 Å². The molecule has 0 heterocycles. The Morgan fingerprint density at radius 3 is 1.03 bits per heavy atom. The number of nitrogens with two attached hydrogens (primary N) is 4. The molecule has 0 spiro atoms. The Morgan fingerprint density at radius 2 is 0.694 bits per heavy atom. The second-order valence-corrected chi connectivity index (χ2v) is 10.2. The fraction of sp³-hybridized carbons (Fsp3) is 0.929. The van der Waals surface area contributed by atoms with Crippen molar-refractivity contribution in [1.82, 2.24) is 9.80 Å². The first-order valence-electron chi connectivity index (χ1n) is 15.0. The number of rotatable bonds is 27. The van der Waals surface area contributed by atoms with Crippen molar-refractivity contribution in [3.63, 3.8) is 0 Å². The van der Waals surface area contributed by atoms with Crippen LogP contribution in [0.1, 0.15) is 117 Å². The fourth-order valence-corrected chi connectivity index (χ4v) is 4.58. The third-order valence-corrected chi connectivity index (χ3v) is 6.71. The molecule has 0 aliphatic rings. The first-order valence-corrected chi connectivity index (χ1v) is 15.0. The number of guanidine groups is 2. The van der Waals surface area contributed by atoms with Crippen LogP contribution in [0.5, 0.6) is 0 Å². The number of unbranched alkanes of at least 4 members (excludes halogenated alkanes) is 11. The van der Waals surface area contributed by atoms with E-state index in [1.807, 2.05) is 0 Å². The fourth-order valence-electron chi connectivity index (χ4n) is 4.58. The molecule has 0 bridgehead atoms. The number of nitrogens with zero attached hydrogens (tertiary/aromatic N) is 4. The minimum absolute atomic E-state index is 0.197. The van der Waals surface area contributed by atoms with Crippen LogP contribution in [0, 0.1) is 0 Å². The second-order valence-electron chi connectivity index (χ2n) is 10.2. The molecular formula is C28H62N8. The molecule has 0 unspecified atom stereocenters. The molecule has 0 aliphatic heterocycles. The number of hydrogen-bond donors (Lipinski definition) is 4. The molecule has 8 N–H and O–H groups in total. The number of aliphatic imine (C=N–C) groups is 2. The molecule has 8 nitrogen and oxygen atoms in total. The summed E-state index contributed by atoms with van der Waals surface area (Å²) < 4.78 is 0. The van der Waals surface area contributed by atoms with Crippen LogP contribution < -0.4 is 22.9 Å². The largest absolute Gasteiger partial charge is 0.370 e. The highest BCUT2D eigenvalue weighted by molar-refractivity contribution is 5.75. The van der Waals surface area contributed by atoms with Gasteiger partial charge in [-0.25, -0.2) is 0 Å². The van der Waals surface area contributed by atoms with Gasteiger partial charge in [0.2, 0.25) is 0 Å². The van der Waals surface area contributed by atoms with Gasteiger partial charge in [-0.2, -0.15) is 0 Å². The van der Waals surface area contributed by atoms with Gasteiger partial charge in [-0.3, -0.25) is 9.98 Å². The van der Waals surface area contributed by atoms with Gasteiger partial charge >= 0.3 is 0 Å². The molecule has 0 radical (unpaired) electrons. The van der Waals surface area contributed by atoms with Crippen molar-refractivity contribution in [2.45, 2.75) is 117 Å². The summed E-state index contributed by atoms with van der Waals surface area (Å²) in [4.78, 5) is 13.6. The molecule has 214 valence electrons. The van der Waals surface area contributed by atoms with Gasteiger partial charge < -0.3 is 32.7 Å². The van der Waals surface area contributed by atoms with Gasteiger partial charge in [0.05, 0.1) is 0 Å². The predicted molar refractivity (Wildman–Crippen MR) is 159 cm³/mol. The average molecular weight is 511 g/mol. The Kier molecular flexibility index (Phi) is 25.4. The molecule has 0 fully saturated rings. The highest BCUT2D eigenvalue weighted by atomic mass is 15.1. The van der Waals surface area contributed by atoms with E-state index in [1.54, 1.807) is 0 Å². The van der Waals surface area contributed by atoms with Gasteiger partial charge in [0.25, 0.3) is 0 Å². The topological polar surface area (TPSA) is 135 Å². The van der Waals surface area contributed by atoms with Crippen molar-refractivity contribution in [3.05, 3.63) is 0 Å². The van der Waals surface area contributed by atoms with Gasteiger partial charge in [-0.05, 0) is 77.8 Å². The second kappa shape index (κ2) is 26.5. The molecule has 0 aromatic carbocycles. The minimum Gasteiger partial charge on any atom is -0.370 e. The minimum atomic E-state index is 0.197. The van der Waals surface area contributed by atoms with E-state index in [1.165, 1.54) is 103 Å². The van der Waals surface area contributed by atoms with Crippen LogP contribution in [-0.4, -0.2) is 74.1 Å². The van der Waals surface area contributed by atoms with Crippen LogP contribution in [0.15, 0.2) is 9.98 Å². The highest BCUT2D eigenvalue weighted by Crippen LogP contribution is 2.09. The zero-order chi connectivity index (χ0) is 26.7. The molecule has 0 rings (SSSR count). The molecule has 0 aliphatic carbocycles. The van der Waals surface area contributed by atoms with Crippen LogP contribution in [0.25, 0.3) is 0 Å². The molecule has 8 heteroatoms. The third-order valence-electron chi connectivity index (χ3n) is 6.71. The maximum Gasteiger partial charge on any atom is 0.185 e. The lowest BCUT2D eigenvalue weighted by atomic mass is 10.1. The van der Waals surface area contributed by atoms with E-state index in [4.69, 9.17) is 22.9 Å². The molecule has 0 aromatic heterocycles. The maximum atomic E-state index is 5.49. The van der Waals surface area contributed by atoms with Crippen molar-refractivity contribution in [2.75, 3.05) is 52.4 Å². The van der Waals surface area contributed by atoms with E-state index < -0.39 is 0 Å². The van der Waals surface area contributed by atoms with Gasteiger partial charge in [0.15, 0.2) is 11.9 Å². The third kappa shape index (κ3) is 25.5. The Bertz CT molecular complexity index is 470. The average Bonchev–Trinajstić information content (AvgIpc) is 2.84. The summed E-state index contributed by atoms with van der Waals surface area (Å²) in [5.41, 5.74) is 21.9. The van der Waals surface area contributed by atoms with Crippen molar-refractivity contribution < 1.29 is 0 Å². The van der Waals surface area contributed by atoms with Crippen LogP contribution >= 0.6 is 0 Å². The summed E-state index contributed by atoms with van der Waals surface area (Å²) in [6, 6.07) is 0. The van der Waals surface area contributed by atoms with Crippen molar-refractivity contribution in [2.24, 2.45) is 32.9 Å². The smallest absolute Gasteiger partial charge is 0.185 e. The first kappa shape index (κ1) is 34.5. The summed E-state index contributed by atoms with van der Waals surface area (Å²) in [6.45, 7) is 12.8. The van der Waals surface area contributed by atoms with Gasteiger partial charge in [0.1, 0.15) is 0 Å². The molecule has 36 heavy (non-hydrogen) atoms. The van der Waals surface area contributed by atoms with E-state index in [-0.39, 0.29) is 11.9 Å². The van der Waals surface area contributed by atoms with E-state index in [0.29, 0.717) is 0 Å². The molecule has 0 atom stereocenters. The van der Waals surface area contributed by atoms with E-state index >= 15 is 0 Å². The summed E-state index contributed by atoms with van der Waals surface area (Å²) in [5, 5.41) is 0. The zero-order valence-corrected chi connectivity index (χ0v) is 24.1. The summed E-state index contributed by atoms with van der Waals surface area (Å²) in [6.07, 6.45) is 20.6. The summed E-state index contributed by atoms with van der Waals surface area (Å²) in [7, 11) is 0. The Hall–Kier alpha value is -1.54. The lowest BCUT2D eigenvalue weighted by Crippen LogP contribution is -2.31. The predicted octanol–water partition coefficient (Wildman–Crippen LogP) is 4.42. The number of hydrogen-bond acceptors (Lipinski definition) is 4. The van der Waals surface area contributed by atoms with Crippen LogP contribution in [0.2, 0.25) is 0 Å². The quantitative estimate of drug-likeness (QED) is 0.0734. The lowest BCUT2D eigenvalue weighted by molar-refractivity contribution is 0.233. The normalized spacial score (nSPS) is 11.3. The van der Waals surface area contributed by atoms with Gasteiger partial charge in [-0.15, -0.1) is 0 Å². The Labute approximate surface area is 223 Å². The van der Waals surface area contributed by atoms with Crippen LogP contribution in [0.3, 0.4) is 0 Å². The summed E-state index contributed by atoms with van der Waals surface area (Å²) in [5.74, 6) is 0.394. The Morgan fingerprint density at radius 1 is 0.417 bits per heavy atom. The molecule has 0 aromatic rings. The maximum absolute atomic E-state index is 5.49. The van der Waals surface area contributed by atoms with Gasteiger partial charge in [0, 0.05) is 13.1 Å². The molecule has 0 saturated carbocycles. The highest BCUT2D eigenvalue weighted by Gasteiger charge is 2.08. The van der Waals surface area contributed by atoms with Crippen LogP contribution in [-0.2, 0) is 0 Å². The molecular weight excluding hydrogens is 448 g/mol. The SMILES string of the molecule is CCCCCCCCN(CCCCN(CCCCCCCC)CCCN=C(N)N)CCCN=C(N)N. The van der Waals surface area contributed by atoms with Crippen molar-refractivity contribution >= 4 is 11.9 Å². The van der Waals surface area contributed by atoms with Crippen molar-refractivity contribution in [3.8, 4) is 0 Å². The van der Waals surface area contributed by atoms with E-state index in [9.17, 15) is 0 Å². The van der Waals surface area contributed by atoms with E-state index in [2.05, 4.69) is 33.6 Å². The molecule has 0 saturated heterocycles. The lowest BCUT2D eigenvalue weighted by Gasteiger charge is -2.24. The molecule has 0 amide bonds. The van der Waals surface area contributed by atoms with Gasteiger partial charge in [-0.1, -0.05) is 78.1 Å². The zero-order valence-electron chi connectivity index (χ0n) is 24.1. The Balaban J connectivity index is 4.43. The first-order chi connectivity index (χ1) is 17.5.